The van der Waals surface area contributed by atoms with Gasteiger partial charge in [-0.05, 0) is 43.0 Å². The molecule has 6 nitrogen and oxygen atoms in total. The minimum Gasteiger partial charge on any atom is -0.397 e. The summed E-state index contributed by atoms with van der Waals surface area (Å²) >= 11 is 0. The number of allylic oxidation sites excluding steroid dienone is 2. The highest BCUT2D eigenvalue weighted by molar-refractivity contribution is 6.05. The van der Waals surface area contributed by atoms with Crippen LogP contribution in [0.3, 0.4) is 0 Å². The summed E-state index contributed by atoms with van der Waals surface area (Å²) in [6.07, 6.45) is 3.59. The number of piperazine rings is 1. The molecule has 1 aliphatic heterocycles. The molecule has 0 spiro atoms. The van der Waals surface area contributed by atoms with Crippen molar-refractivity contribution in [2.45, 2.75) is 6.92 Å². The Kier molecular flexibility index (Phi) is 6.81. The summed E-state index contributed by atoms with van der Waals surface area (Å²) in [4.78, 5) is 18.9. The van der Waals surface area contributed by atoms with Gasteiger partial charge in [0.25, 0.3) is 5.91 Å². The Morgan fingerprint density at radius 2 is 1.86 bits per heavy atom. The summed E-state index contributed by atoms with van der Waals surface area (Å²) in [5.41, 5.74) is 9.81. The Bertz CT molecular complexity index is 928. The van der Waals surface area contributed by atoms with Crippen molar-refractivity contribution in [2.24, 2.45) is 4.99 Å². The number of amides is 1. The van der Waals surface area contributed by atoms with Crippen LogP contribution in [-0.2, 0) is 4.79 Å². The number of nitrogens with zero attached hydrogens (tertiary/aromatic N) is 2. The van der Waals surface area contributed by atoms with Gasteiger partial charge in [-0.1, -0.05) is 42.5 Å². The number of benzene rings is 2. The van der Waals surface area contributed by atoms with Crippen molar-refractivity contribution < 1.29 is 4.79 Å². The quantitative estimate of drug-likeness (QED) is 0.306. The summed E-state index contributed by atoms with van der Waals surface area (Å²) in [7, 11) is 0. The molecule has 0 saturated carbocycles. The van der Waals surface area contributed by atoms with Gasteiger partial charge in [-0.2, -0.15) is 0 Å². The van der Waals surface area contributed by atoms with Gasteiger partial charge in [-0.25, -0.2) is 4.99 Å². The van der Waals surface area contributed by atoms with Gasteiger partial charge >= 0.3 is 0 Å². The molecule has 29 heavy (non-hydrogen) atoms. The second-order valence-corrected chi connectivity index (χ2v) is 6.89. The van der Waals surface area contributed by atoms with Crippen molar-refractivity contribution >= 4 is 24.0 Å². The highest BCUT2D eigenvalue weighted by Crippen LogP contribution is 2.27. The molecule has 0 unspecified atom stereocenters. The molecule has 0 atom stereocenters. The molecule has 0 aliphatic carbocycles. The van der Waals surface area contributed by atoms with Gasteiger partial charge in [-0.15, -0.1) is 0 Å². The molecule has 6 heteroatoms. The van der Waals surface area contributed by atoms with Crippen molar-refractivity contribution in [1.82, 2.24) is 10.2 Å². The molecule has 1 saturated heterocycles. The van der Waals surface area contributed by atoms with E-state index in [9.17, 15) is 4.79 Å². The van der Waals surface area contributed by atoms with E-state index in [2.05, 4.69) is 27.2 Å². The number of carbonyl (C=O) groups excluding carboxylic acids is 1. The van der Waals surface area contributed by atoms with Gasteiger partial charge in [0, 0.05) is 31.8 Å². The molecule has 0 radical (unpaired) electrons. The third kappa shape index (κ3) is 5.33. The Morgan fingerprint density at radius 1 is 1.14 bits per heavy atom. The minimum absolute atomic E-state index is 0.207. The fourth-order valence-corrected chi connectivity index (χ4v) is 3.12. The molecule has 0 aromatic heterocycles. The van der Waals surface area contributed by atoms with Gasteiger partial charge < -0.3 is 21.3 Å². The van der Waals surface area contributed by atoms with Crippen molar-refractivity contribution in [3.63, 3.8) is 0 Å². The third-order valence-corrected chi connectivity index (χ3v) is 4.85. The van der Waals surface area contributed by atoms with Crippen LogP contribution in [0.25, 0.3) is 11.1 Å². The Hall–Kier alpha value is -3.38. The maximum absolute atomic E-state index is 12.7. The molecule has 1 amide bonds. The molecule has 1 aliphatic rings. The van der Waals surface area contributed by atoms with Gasteiger partial charge in [0.2, 0.25) is 0 Å². The number of anilines is 2. The van der Waals surface area contributed by atoms with Crippen LogP contribution in [-0.4, -0.2) is 43.7 Å². The van der Waals surface area contributed by atoms with Crippen molar-refractivity contribution in [3.05, 3.63) is 72.1 Å². The molecule has 0 bridgehead atoms. The second-order valence-electron chi connectivity index (χ2n) is 6.89. The molecule has 2 aromatic carbocycles. The standard InChI is InChI=1S/C23H27N5O/c1-17(8-11-22(25-2)28-14-12-26-13-15-28)23(29)27-21-16-19(9-10-20(21)24)18-6-4-3-5-7-18/h3-11,16,26H,2,12-15,24H2,1H3,(H,27,29)/b17-8+,22-11+. The predicted octanol–water partition coefficient (Wildman–Crippen LogP) is 3.27. The first-order chi connectivity index (χ1) is 14.1. The third-order valence-electron chi connectivity index (χ3n) is 4.85. The zero-order valence-corrected chi connectivity index (χ0v) is 16.7. The fourth-order valence-electron chi connectivity index (χ4n) is 3.12. The monoisotopic (exact) mass is 389 g/mol. The van der Waals surface area contributed by atoms with Gasteiger partial charge in [-0.3, -0.25) is 4.79 Å². The topological polar surface area (TPSA) is 82.8 Å². The zero-order chi connectivity index (χ0) is 20.6. The minimum atomic E-state index is -0.207. The van der Waals surface area contributed by atoms with E-state index in [1.165, 1.54) is 0 Å². The Balaban J connectivity index is 1.74. The van der Waals surface area contributed by atoms with Gasteiger partial charge in [0.1, 0.15) is 5.82 Å². The van der Waals surface area contributed by atoms with E-state index in [-0.39, 0.29) is 5.91 Å². The first-order valence-electron chi connectivity index (χ1n) is 9.66. The van der Waals surface area contributed by atoms with Gasteiger partial charge in [0.05, 0.1) is 11.4 Å². The van der Waals surface area contributed by atoms with Crippen LogP contribution in [0, 0.1) is 0 Å². The zero-order valence-electron chi connectivity index (χ0n) is 16.7. The van der Waals surface area contributed by atoms with E-state index < -0.39 is 0 Å². The number of rotatable bonds is 6. The number of nitrogens with two attached hydrogens (primary N) is 1. The second kappa shape index (κ2) is 9.71. The van der Waals surface area contributed by atoms with E-state index in [0.717, 1.165) is 43.1 Å². The number of nitrogen functional groups attached to an aromatic ring is 1. The lowest BCUT2D eigenvalue weighted by molar-refractivity contribution is -0.112. The number of carbonyl (C=O) groups is 1. The molecule has 4 N–H and O–H groups in total. The van der Waals surface area contributed by atoms with Crippen molar-refractivity contribution in [2.75, 3.05) is 37.2 Å². The molecule has 150 valence electrons. The molecule has 1 fully saturated rings. The maximum atomic E-state index is 12.7. The summed E-state index contributed by atoms with van der Waals surface area (Å²) in [5, 5.41) is 6.21. The van der Waals surface area contributed by atoms with Crippen LogP contribution in [0.5, 0.6) is 0 Å². The molecular formula is C23H27N5O. The fraction of sp³-hybridized carbons (Fsp3) is 0.217. The smallest absolute Gasteiger partial charge is 0.251 e. The summed E-state index contributed by atoms with van der Waals surface area (Å²) < 4.78 is 0. The number of nitrogens with one attached hydrogen (secondary N) is 2. The normalized spacial score (nSPS) is 15.1. The van der Waals surface area contributed by atoms with Crippen LogP contribution in [0.15, 0.2) is 77.1 Å². The lowest BCUT2D eigenvalue weighted by Gasteiger charge is -2.29. The predicted molar refractivity (Wildman–Crippen MR) is 121 cm³/mol. The van der Waals surface area contributed by atoms with Crippen LogP contribution >= 0.6 is 0 Å². The number of aliphatic imine (C=N–C) groups is 1. The first-order valence-corrected chi connectivity index (χ1v) is 9.66. The Labute approximate surface area is 171 Å². The van der Waals surface area contributed by atoms with Crippen molar-refractivity contribution in [1.29, 1.82) is 0 Å². The number of hydrogen-bond acceptors (Lipinski definition) is 5. The Morgan fingerprint density at radius 3 is 2.55 bits per heavy atom. The van der Waals surface area contributed by atoms with E-state index >= 15 is 0 Å². The van der Waals surface area contributed by atoms with E-state index in [0.29, 0.717) is 16.9 Å². The van der Waals surface area contributed by atoms with E-state index in [1.807, 2.05) is 48.5 Å². The average molecular weight is 390 g/mol. The molecule has 2 aromatic rings. The van der Waals surface area contributed by atoms with Gasteiger partial charge in [0.15, 0.2) is 0 Å². The summed E-state index contributed by atoms with van der Waals surface area (Å²) in [5.74, 6) is 0.561. The molecule has 3 rings (SSSR count). The van der Waals surface area contributed by atoms with E-state index in [1.54, 1.807) is 19.1 Å². The number of hydrogen-bond donors (Lipinski definition) is 3. The van der Waals surface area contributed by atoms with Crippen LogP contribution in [0.2, 0.25) is 0 Å². The lowest BCUT2D eigenvalue weighted by Crippen LogP contribution is -2.42. The van der Waals surface area contributed by atoms with Crippen molar-refractivity contribution in [3.8, 4) is 11.1 Å². The summed E-state index contributed by atoms with van der Waals surface area (Å²) in [6, 6.07) is 15.6. The SMILES string of the molecule is C=N/C(=C\C=C(/C)C(=O)Nc1cc(-c2ccccc2)ccc1N)N1CCNCC1. The highest BCUT2D eigenvalue weighted by atomic mass is 16.1. The highest BCUT2D eigenvalue weighted by Gasteiger charge is 2.12. The van der Waals surface area contributed by atoms with E-state index in [4.69, 9.17) is 5.73 Å². The van der Waals surface area contributed by atoms with Crippen LogP contribution in [0.4, 0.5) is 11.4 Å². The molecule has 1 heterocycles. The molecular weight excluding hydrogens is 362 g/mol. The summed E-state index contributed by atoms with van der Waals surface area (Å²) in [6.45, 7) is 8.97. The van der Waals surface area contributed by atoms with Crippen LogP contribution < -0.4 is 16.4 Å². The first kappa shape index (κ1) is 20.4. The largest absolute Gasteiger partial charge is 0.397 e. The lowest BCUT2D eigenvalue weighted by atomic mass is 10.0. The maximum Gasteiger partial charge on any atom is 0.251 e. The van der Waals surface area contributed by atoms with Crippen LogP contribution in [0.1, 0.15) is 6.92 Å². The average Bonchev–Trinajstić information content (AvgIpc) is 2.77.